The largest absolute Gasteiger partial charge is 0.397 e. The van der Waals surface area contributed by atoms with E-state index in [1.54, 1.807) is 0 Å². The SMILES string of the molecule is CSC1CCC(NC(=O)c2sc3ccccc3c2N)C1. The Morgan fingerprint density at radius 1 is 1.40 bits per heavy atom. The van der Waals surface area contributed by atoms with Crippen LogP contribution in [0, 0.1) is 0 Å². The normalized spacial score (nSPS) is 22.2. The Hall–Kier alpha value is -1.20. The van der Waals surface area contributed by atoms with Crippen LogP contribution in [0.1, 0.15) is 28.9 Å². The number of nitrogen functional groups attached to an aromatic ring is 1. The van der Waals surface area contributed by atoms with Gasteiger partial charge >= 0.3 is 0 Å². The van der Waals surface area contributed by atoms with Crippen LogP contribution in [0.2, 0.25) is 0 Å². The minimum absolute atomic E-state index is 0.0181. The van der Waals surface area contributed by atoms with Gasteiger partial charge < -0.3 is 11.1 Å². The molecule has 1 aliphatic rings. The van der Waals surface area contributed by atoms with E-state index < -0.39 is 0 Å². The lowest BCUT2D eigenvalue weighted by atomic mass is 10.2. The molecule has 0 aliphatic heterocycles. The fourth-order valence-electron chi connectivity index (χ4n) is 2.77. The molecule has 1 fully saturated rings. The molecule has 0 bridgehead atoms. The Balaban J connectivity index is 1.77. The van der Waals surface area contributed by atoms with Crippen molar-refractivity contribution in [1.29, 1.82) is 0 Å². The second-order valence-corrected chi connectivity index (χ2v) is 7.37. The zero-order chi connectivity index (χ0) is 14.1. The third-order valence-corrected chi connectivity index (χ3v) is 6.17. The highest BCUT2D eigenvalue weighted by Gasteiger charge is 2.26. The van der Waals surface area contributed by atoms with Gasteiger partial charge in [-0.1, -0.05) is 18.2 Å². The quantitative estimate of drug-likeness (QED) is 0.912. The monoisotopic (exact) mass is 306 g/mol. The minimum Gasteiger partial charge on any atom is -0.397 e. The number of benzene rings is 1. The zero-order valence-corrected chi connectivity index (χ0v) is 13.0. The lowest BCUT2D eigenvalue weighted by Crippen LogP contribution is -2.32. The molecule has 1 heterocycles. The van der Waals surface area contributed by atoms with Gasteiger partial charge in [0.1, 0.15) is 4.88 Å². The Bertz CT molecular complexity index is 638. The van der Waals surface area contributed by atoms with E-state index >= 15 is 0 Å². The van der Waals surface area contributed by atoms with E-state index in [1.807, 2.05) is 36.0 Å². The predicted molar refractivity (Wildman–Crippen MR) is 88.6 cm³/mol. The molecular formula is C15H18N2OS2. The zero-order valence-electron chi connectivity index (χ0n) is 11.4. The maximum Gasteiger partial charge on any atom is 0.263 e. The summed E-state index contributed by atoms with van der Waals surface area (Å²) in [7, 11) is 0. The first-order valence-electron chi connectivity index (χ1n) is 6.79. The van der Waals surface area contributed by atoms with E-state index in [0.29, 0.717) is 21.9 Å². The van der Waals surface area contributed by atoms with Crippen LogP contribution in [0.25, 0.3) is 10.1 Å². The summed E-state index contributed by atoms with van der Waals surface area (Å²) in [6, 6.07) is 8.20. The minimum atomic E-state index is -0.0181. The van der Waals surface area contributed by atoms with E-state index in [1.165, 1.54) is 17.8 Å². The van der Waals surface area contributed by atoms with Gasteiger partial charge in [0.05, 0.1) is 5.69 Å². The molecule has 0 radical (unpaired) electrons. The third kappa shape index (κ3) is 2.52. The standard InChI is InChI=1S/C15H18N2OS2/c1-19-10-7-6-9(8-10)17-15(18)14-13(16)11-4-2-3-5-12(11)20-14/h2-5,9-10H,6-8,16H2,1H3,(H,17,18). The third-order valence-electron chi connectivity index (χ3n) is 3.89. The van der Waals surface area contributed by atoms with Crippen molar-refractivity contribution in [3.8, 4) is 0 Å². The number of thiophene rings is 1. The molecule has 2 unspecified atom stereocenters. The number of thioether (sulfide) groups is 1. The van der Waals surface area contributed by atoms with Gasteiger partial charge in [-0.15, -0.1) is 11.3 Å². The number of nitrogens with two attached hydrogens (primary N) is 1. The maximum absolute atomic E-state index is 12.4. The molecule has 1 aromatic carbocycles. The van der Waals surface area contributed by atoms with Crippen molar-refractivity contribution in [2.24, 2.45) is 0 Å². The molecule has 0 spiro atoms. The molecule has 20 heavy (non-hydrogen) atoms. The highest BCUT2D eigenvalue weighted by molar-refractivity contribution is 7.99. The molecule has 1 aliphatic carbocycles. The van der Waals surface area contributed by atoms with Crippen molar-refractivity contribution < 1.29 is 4.79 Å². The molecule has 2 atom stereocenters. The first-order chi connectivity index (χ1) is 9.69. The molecule has 1 amide bonds. The van der Waals surface area contributed by atoms with Gasteiger partial charge in [0, 0.05) is 21.4 Å². The summed E-state index contributed by atoms with van der Waals surface area (Å²) in [6.45, 7) is 0. The van der Waals surface area contributed by atoms with Gasteiger partial charge in [0.25, 0.3) is 5.91 Å². The van der Waals surface area contributed by atoms with Gasteiger partial charge in [0.15, 0.2) is 0 Å². The van der Waals surface area contributed by atoms with Crippen LogP contribution < -0.4 is 11.1 Å². The molecule has 3 rings (SSSR count). The molecule has 3 nitrogen and oxygen atoms in total. The van der Waals surface area contributed by atoms with Crippen LogP contribution in [-0.2, 0) is 0 Å². The van der Waals surface area contributed by atoms with E-state index in [-0.39, 0.29) is 5.91 Å². The Labute approximate surface area is 126 Å². The van der Waals surface area contributed by atoms with E-state index in [4.69, 9.17) is 5.73 Å². The number of amides is 1. The van der Waals surface area contributed by atoms with Crippen LogP contribution in [0.15, 0.2) is 24.3 Å². The van der Waals surface area contributed by atoms with Gasteiger partial charge in [0.2, 0.25) is 0 Å². The van der Waals surface area contributed by atoms with Crippen LogP contribution in [0.4, 0.5) is 5.69 Å². The van der Waals surface area contributed by atoms with Crippen molar-refractivity contribution in [2.75, 3.05) is 12.0 Å². The van der Waals surface area contributed by atoms with Crippen LogP contribution in [-0.4, -0.2) is 23.5 Å². The molecule has 0 saturated heterocycles. The fourth-order valence-corrected chi connectivity index (χ4v) is 4.59. The second-order valence-electron chi connectivity index (χ2n) is 5.18. The lowest BCUT2D eigenvalue weighted by Gasteiger charge is -2.12. The van der Waals surface area contributed by atoms with E-state index in [9.17, 15) is 4.79 Å². The van der Waals surface area contributed by atoms with Crippen LogP contribution >= 0.6 is 23.1 Å². The van der Waals surface area contributed by atoms with E-state index in [2.05, 4.69) is 11.6 Å². The highest BCUT2D eigenvalue weighted by Crippen LogP contribution is 2.34. The fraction of sp³-hybridized carbons (Fsp3) is 0.400. The Morgan fingerprint density at radius 2 is 2.20 bits per heavy atom. The number of hydrogen-bond acceptors (Lipinski definition) is 4. The molecule has 2 aromatic rings. The summed E-state index contributed by atoms with van der Waals surface area (Å²) in [5.74, 6) is -0.0181. The summed E-state index contributed by atoms with van der Waals surface area (Å²) >= 11 is 3.37. The lowest BCUT2D eigenvalue weighted by molar-refractivity contribution is 0.0943. The molecule has 5 heteroatoms. The van der Waals surface area contributed by atoms with Crippen molar-refractivity contribution >= 4 is 44.8 Å². The molecule has 3 N–H and O–H groups in total. The average molecular weight is 306 g/mol. The van der Waals surface area contributed by atoms with Crippen molar-refractivity contribution in [2.45, 2.75) is 30.6 Å². The Morgan fingerprint density at radius 3 is 2.90 bits per heavy atom. The van der Waals surface area contributed by atoms with Gasteiger partial charge in [-0.25, -0.2) is 0 Å². The second kappa shape index (κ2) is 5.66. The van der Waals surface area contributed by atoms with Gasteiger partial charge in [-0.2, -0.15) is 11.8 Å². The number of carbonyl (C=O) groups excluding carboxylic acids is 1. The van der Waals surface area contributed by atoms with Crippen molar-refractivity contribution in [3.05, 3.63) is 29.1 Å². The van der Waals surface area contributed by atoms with Gasteiger partial charge in [-0.3, -0.25) is 4.79 Å². The molecule has 1 aromatic heterocycles. The molecule has 106 valence electrons. The van der Waals surface area contributed by atoms with Crippen molar-refractivity contribution in [3.63, 3.8) is 0 Å². The Kier molecular flexibility index (Phi) is 3.89. The van der Waals surface area contributed by atoms with Crippen LogP contribution in [0.3, 0.4) is 0 Å². The summed E-state index contributed by atoms with van der Waals surface area (Å²) in [6.07, 6.45) is 5.46. The number of hydrogen-bond donors (Lipinski definition) is 2. The summed E-state index contributed by atoms with van der Waals surface area (Å²) in [4.78, 5) is 13.1. The first-order valence-corrected chi connectivity index (χ1v) is 8.90. The number of fused-ring (bicyclic) bond motifs is 1. The van der Waals surface area contributed by atoms with Gasteiger partial charge in [-0.05, 0) is 31.6 Å². The number of anilines is 1. The topological polar surface area (TPSA) is 55.1 Å². The summed E-state index contributed by atoms with van der Waals surface area (Å²) < 4.78 is 1.07. The summed E-state index contributed by atoms with van der Waals surface area (Å²) in [5, 5.41) is 4.80. The number of nitrogens with one attached hydrogen (secondary N) is 1. The summed E-state index contributed by atoms with van der Waals surface area (Å²) in [5.41, 5.74) is 6.73. The predicted octanol–water partition coefficient (Wildman–Crippen LogP) is 3.50. The highest BCUT2D eigenvalue weighted by atomic mass is 32.2. The van der Waals surface area contributed by atoms with E-state index in [0.717, 1.165) is 22.9 Å². The van der Waals surface area contributed by atoms with Crippen molar-refractivity contribution in [1.82, 2.24) is 5.32 Å². The smallest absolute Gasteiger partial charge is 0.263 e. The average Bonchev–Trinajstić information content (AvgIpc) is 3.04. The molecular weight excluding hydrogens is 288 g/mol. The first kappa shape index (κ1) is 13.8. The van der Waals surface area contributed by atoms with Crippen LogP contribution in [0.5, 0.6) is 0 Å². The maximum atomic E-state index is 12.4. The number of carbonyl (C=O) groups is 1. The molecule has 1 saturated carbocycles. The number of rotatable bonds is 3.